The third kappa shape index (κ3) is 4.21. The molecule has 0 saturated heterocycles. The van der Waals surface area contributed by atoms with Crippen molar-refractivity contribution in [2.24, 2.45) is 0 Å². The van der Waals surface area contributed by atoms with Crippen LogP contribution in [-0.2, 0) is 20.9 Å². The van der Waals surface area contributed by atoms with Gasteiger partial charge in [0.1, 0.15) is 6.61 Å². The lowest BCUT2D eigenvalue weighted by atomic mass is 10.3. The van der Waals surface area contributed by atoms with Gasteiger partial charge in [0.15, 0.2) is 0 Å². The largest absolute Gasteiger partial charge is 0.459 e. The Labute approximate surface area is 87.5 Å². The lowest BCUT2D eigenvalue weighted by Crippen LogP contribution is -2.07. The Morgan fingerprint density at radius 1 is 1.47 bits per heavy atom. The first kappa shape index (κ1) is 11.2. The first-order valence-corrected chi connectivity index (χ1v) is 4.44. The molecule has 0 aliphatic rings. The maximum atomic E-state index is 10.8. The molecule has 0 spiro atoms. The summed E-state index contributed by atoms with van der Waals surface area (Å²) in [5, 5.41) is 2.61. The summed E-state index contributed by atoms with van der Waals surface area (Å²) in [5.74, 6) is -0.513. The molecule has 0 aliphatic carbocycles. The van der Waals surface area contributed by atoms with Crippen molar-refractivity contribution in [2.75, 3.05) is 5.32 Å². The quantitative estimate of drug-likeness (QED) is 0.755. The molecule has 80 valence electrons. The molecule has 1 aromatic heterocycles. The van der Waals surface area contributed by atoms with Crippen molar-refractivity contribution in [2.45, 2.75) is 20.5 Å². The number of carbonyl (C=O) groups is 2. The summed E-state index contributed by atoms with van der Waals surface area (Å²) >= 11 is 0. The first-order chi connectivity index (χ1) is 7.08. The number of nitrogens with zero attached hydrogens (tertiary/aromatic N) is 1. The van der Waals surface area contributed by atoms with E-state index in [2.05, 4.69) is 10.3 Å². The van der Waals surface area contributed by atoms with Crippen LogP contribution in [0, 0.1) is 0 Å². The van der Waals surface area contributed by atoms with E-state index in [-0.39, 0.29) is 18.5 Å². The lowest BCUT2D eigenvalue weighted by molar-refractivity contribution is -0.142. The van der Waals surface area contributed by atoms with Crippen molar-refractivity contribution in [3.63, 3.8) is 0 Å². The van der Waals surface area contributed by atoms with Gasteiger partial charge >= 0.3 is 5.97 Å². The Morgan fingerprint density at radius 3 is 2.80 bits per heavy atom. The van der Waals surface area contributed by atoms with Crippen molar-refractivity contribution in [3.8, 4) is 0 Å². The number of rotatable bonds is 3. The fourth-order valence-electron chi connectivity index (χ4n) is 1.01. The number of aromatic nitrogens is 1. The van der Waals surface area contributed by atoms with E-state index in [4.69, 9.17) is 4.74 Å². The highest BCUT2D eigenvalue weighted by Crippen LogP contribution is 2.08. The van der Waals surface area contributed by atoms with Crippen molar-refractivity contribution in [3.05, 3.63) is 24.0 Å². The van der Waals surface area contributed by atoms with Crippen LogP contribution in [0.1, 0.15) is 19.5 Å². The summed E-state index contributed by atoms with van der Waals surface area (Å²) in [6.45, 7) is 2.87. The van der Waals surface area contributed by atoms with Gasteiger partial charge < -0.3 is 10.1 Å². The molecule has 0 unspecified atom stereocenters. The standard InChI is InChI=1S/C10H12N2O3/c1-7(13)12-9-3-4-11-10(5-9)6-15-8(2)14/h3-5H,6H2,1-2H3,(H,11,12,13). The van der Waals surface area contributed by atoms with Gasteiger partial charge in [-0.3, -0.25) is 14.6 Å². The zero-order valence-electron chi connectivity index (χ0n) is 8.61. The minimum atomic E-state index is -0.360. The van der Waals surface area contributed by atoms with Gasteiger partial charge in [-0.1, -0.05) is 0 Å². The van der Waals surface area contributed by atoms with E-state index in [0.29, 0.717) is 11.4 Å². The molecule has 5 heteroatoms. The van der Waals surface area contributed by atoms with E-state index in [1.807, 2.05) is 0 Å². The first-order valence-electron chi connectivity index (χ1n) is 4.44. The topological polar surface area (TPSA) is 68.3 Å². The van der Waals surface area contributed by atoms with E-state index in [1.54, 1.807) is 18.3 Å². The van der Waals surface area contributed by atoms with Crippen LogP contribution in [0.25, 0.3) is 0 Å². The minimum absolute atomic E-state index is 0.114. The molecule has 0 aromatic carbocycles. The molecule has 5 nitrogen and oxygen atoms in total. The fraction of sp³-hybridized carbons (Fsp3) is 0.300. The third-order valence-corrected chi connectivity index (χ3v) is 1.56. The number of esters is 1. The average Bonchev–Trinajstić information content (AvgIpc) is 2.14. The Kier molecular flexibility index (Phi) is 3.79. The van der Waals surface area contributed by atoms with Gasteiger partial charge in [0.05, 0.1) is 5.69 Å². The van der Waals surface area contributed by atoms with E-state index >= 15 is 0 Å². The van der Waals surface area contributed by atoms with Crippen LogP contribution in [0.4, 0.5) is 5.69 Å². The molecule has 15 heavy (non-hydrogen) atoms. The predicted molar refractivity (Wildman–Crippen MR) is 54.0 cm³/mol. The van der Waals surface area contributed by atoms with Crippen LogP contribution in [0.2, 0.25) is 0 Å². The van der Waals surface area contributed by atoms with Crippen molar-refractivity contribution in [1.29, 1.82) is 0 Å². The Morgan fingerprint density at radius 2 is 2.20 bits per heavy atom. The maximum absolute atomic E-state index is 10.8. The van der Waals surface area contributed by atoms with E-state index in [1.165, 1.54) is 13.8 Å². The molecule has 0 aliphatic heterocycles. The molecular weight excluding hydrogens is 196 g/mol. The summed E-state index contributed by atoms with van der Waals surface area (Å²) in [6, 6.07) is 3.32. The van der Waals surface area contributed by atoms with Crippen LogP contribution in [-0.4, -0.2) is 16.9 Å². The molecule has 1 N–H and O–H groups in total. The Bertz CT molecular complexity index is 377. The van der Waals surface area contributed by atoms with Crippen molar-refractivity contribution in [1.82, 2.24) is 4.98 Å². The third-order valence-electron chi connectivity index (χ3n) is 1.56. The van der Waals surface area contributed by atoms with Gasteiger partial charge in [0, 0.05) is 25.7 Å². The second kappa shape index (κ2) is 5.09. The summed E-state index contributed by atoms with van der Waals surface area (Å²) in [7, 11) is 0. The van der Waals surface area contributed by atoms with Gasteiger partial charge in [-0.05, 0) is 12.1 Å². The van der Waals surface area contributed by atoms with Gasteiger partial charge in [-0.15, -0.1) is 0 Å². The Balaban J connectivity index is 2.65. The summed E-state index contributed by atoms with van der Waals surface area (Å²) in [4.78, 5) is 25.3. The number of anilines is 1. The maximum Gasteiger partial charge on any atom is 0.303 e. The van der Waals surface area contributed by atoms with Gasteiger partial charge in [0.2, 0.25) is 5.91 Å². The van der Waals surface area contributed by atoms with Crippen LogP contribution >= 0.6 is 0 Å². The van der Waals surface area contributed by atoms with E-state index < -0.39 is 0 Å². The smallest absolute Gasteiger partial charge is 0.303 e. The number of ether oxygens (including phenoxy) is 1. The number of hydrogen-bond donors (Lipinski definition) is 1. The molecule has 1 amide bonds. The molecule has 0 saturated carbocycles. The highest BCUT2D eigenvalue weighted by molar-refractivity contribution is 5.88. The highest BCUT2D eigenvalue weighted by atomic mass is 16.5. The lowest BCUT2D eigenvalue weighted by Gasteiger charge is -2.04. The molecule has 1 aromatic rings. The second-order valence-electron chi connectivity index (χ2n) is 3.00. The number of amides is 1. The van der Waals surface area contributed by atoms with Crippen molar-refractivity contribution >= 4 is 17.6 Å². The summed E-state index contributed by atoms with van der Waals surface area (Å²) in [5.41, 5.74) is 1.23. The Hall–Kier alpha value is -1.91. The summed E-state index contributed by atoms with van der Waals surface area (Å²) in [6.07, 6.45) is 1.55. The normalized spacial score (nSPS) is 9.47. The van der Waals surface area contributed by atoms with Crippen LogP contribution in [0.5, 0.6) is 0 Å². The van der Waals surface area contributed by atoms with Crippen LogP contribution < -0.4 is 5.32 Å². The van der Waals surface area contributed by atoms with Gasteiger partial charge in [0.25, 0.3) is 0 Å². The average molecular weight is 208 g/mol. The van der Waals surface area contributed by atoms with E-state index in [9.17, 15) is 9.59 Å². The molecule has 0 radical (unpaired) electrons. The molecule has 1 rings (SSSR count). The molecule has 0 atom stereocenters. The SMILES string of the molecule is CC(=O)Nc1ccnc(COC(C)=O)c1. The zero-order valence-corrected chi connectivity index (χ0v) is 8.61. The zero-order chi connectivity index (χ0) is 11.3. The molecule has 0 fully saturated rings. The van der Waals surface area contributed by atoms with Crippen LogP contribution in [0.3, 0.4) is 0 Å². The molecular formula is C10H12N2O3. The number of nitrogens with one attached hydrogen (secondary N) is 1. The number of pyridine rings is 1. The molecule has 0 bridgehead atoms. The highest BCUT2D eigenvalue weighted by Gasteiger charge is 2.00. The second-order valence-corrected chi connectivity index (χ2v) is 3.00. The number of carbonyl (C=O) groups excluding carboxylic acids is 2. The minimum Gasteiger partial charge on any atom is -0.459 e. The molecule has 1 heterocycles. The monoisotopic (exact) mass is 208 g/mol. The number of hydrogen-bond acceptors (Lipinski definition) is 4. The van der Waals surface area contributed by atoms with E-state index in [0.717, 1.165) is 0 Å². The van der Waals surface area contributed by atoms with Crippen molar-refractivity contribution < 1.29 is 14.3 Å². The van der Waals surface area contributed by atoms with Gasteiger partial charge in [-0.25, -0.2) is 0 Å². The summed E-state index contributed by atoms with van der Waals surface area (Å²) < 4.78 is 4.77. The fourth-order valence-corrected chi connectivity index (χ4v) is 1.01. The van der Waals surface area contributed by atoms with Crippen LogP contribution in [0.15, 0.2) is 18.3 Å². The predicted octanol–water partition coefficient (Wildman–Crippen LogP) is 1.10. The van der Waals surface area contributed by atoms with Gasteiger partial charge in [-0.2, -0.15) is 0 Å².